The molecule has 1 aliphatic carbocycles. The van der Waals surface area contributed by atoms with E-state index in [1.54, 1.807) is 0 Å². The first-order valence-electron chi connectivity index (χ1n) is 17.1. The van der Waals surface area contributed by atoms with E-state index in [9.17, 15) is 21.4 Å². The SMILES string of the molecule is CC1(C)C(CCC2=C(Cl)/C(=C/C=C3\N(CCCCS(=O)(=O)O)c4ccccc4C3(C)C)CCC2)=[N+](CCCC[S-](=O)=O)c2ccccc21.[Na+].[OH-]. The minimum Gasteiger partial charge on any atom is -0.870 e. The van der Waals surface area contributed by atoms with Gasteiger partial charge in [0.25, 0.3) is 10.1 Å². The van der Waals surface area contributed by atoms with Gasteiger partial charge in [-0.05, 0) is 75.7 Å². The van der Waals surface area contributed by atoms with Crippen LogP contribution in [0.5, 0.6) is 0 Å². The van der Waals surface area contributed by atoms with E-state index >= 15 is 0 Å². The van der Waals surface area contributed by atoms with Gasteiger partial charge in [0.1, 0.15) is 6.54 Å². The van der Waals surface area contributed by atoms with E-state index < -0.39 is 20.8 Å². The zero-order chi connectivity index (χ0) is 34.7. The average Bonchev–Trinajstić information content (AvgIpc) is 3.38. The van der Waals surface area contributed by atoms with E-state index in [1.165, 1.54) is 28.1 Å². The molecule has 50 heavy (non-hydrogen) atoms. The summed E-state index contributed by atoms with van der Waals surface area (Å²) in [5.74, 6) is -0.0427. The summed E-state index contributed by atoms with van der Waals surface area (Å²) < 4.78 is 56.5. The minimum absolute atomic E-state index is 0. The van der Waals surface area contributed by atoms with Crippen molar-refractivity contribution in [2.24, 2.45) is 0 Å². The second-order valence-electron chi connectivity index (χ2n) is 14.3. The molecule has 2 aliphatic heterocycles. The van der Waals surface area contributed by atoms with Gasteiger partial charge in [-0.1, -0.05) is 96.4 Å². The zero-order valence-corrected chi connectivity index (χ0v) is 34.5. The normalized spacial score (nSPS) is 19.5. The molecular weight excluding hydrogens is 703 g/mol. The Hall–Kier alpha value is -1.76. The van der Waals surface area contributed by atoms with Gasteiger partial charge in [0, 0.05) is 52.8 Å². The topological polar surface area (TPSA) is 125 Å². The molecule has 0 fully saturated rings. The van der Waals surface area contributed by atoms with Gasteiger partial charge in [0.2, 0.25) is 5.69 Å². The van der Waals surface area contributed by atoms with Gasteiger partial charge in [-0.25, -0.2) is 0 Å². The molecule has 12 heteroatoms. The van der Waals surface area contributed by atoms with Crippen LogP contribution in [0, 0.1) is 0 Å². The van der Waals surface area contributed by atoms with Crippen LogP contribution in [0.25, 0.3) is 0 Å². The summed E-state index contributed by atoms with van der Waals surface area (Å²) in [5, 5.41) is 0.865. The van der Waals surface area contributed by atoms with E-state index in [0.29, 0.717) is 25.8 Å². The van der Waals surface area contributed by atoms with Gasteiger partial charge in [-0.15, -0.1) is 0 Å². The molecule has 0 spiro atoms. The summed E-state index contributed by atoms with van der Waals surface area (Å²) >= 11 is 7.20. The van der Waals surface area contributed by atoms with E-state index in [0.717, 1.165) is 67.1 Å². The molecular formula is C38H50ClN2NaO6S2. The number of nitrogens with zero attached hydrogens (tertiary/aromatic N) is 2. The Morgan fingerprint density at radius 1 is 0.900 bits per heavy atom. The van der Waals surface area contributed by atoms with Crippen molar-refractivity contribution in [1.82, 2.24) is 0 Å². The van der Waals surface area contributed by atoms with Crippen molar-refractivity contribution in [3.05, 3.63) is 93.7 Å². The van der Waals surface area contributed by atoms with Gasteiger partial charge < -0.3 is 18.8 Å². The summed E-state index contributed by atoms with van der Waals surface area (Å²) in [6.07, 6.45) is 11.5. The summed E-state index contributed by atoms with van der Waals surface area (Å²) in [6.45, 7) is 10.5. The van der Waals surface area contributed by atoms with Crippen molar-refractivity contribution in [3.63, 3.8) is 0 Å². The molecule has 2 aromatic rings. The number of allylic oxidation sites excluding steroid dienone is 6. The van der Waals surface area contributed by atoms with Crippen LogP contribution in [-0.2, 0) is 40.1 Å². The summed E-state index contributed by atoms with van der Waals surface area (Å²) in [7, 11) is -6.00. The van der Waals surface area contributed by atoms with Crippen LogP contribution in [0.4, 0.5) is 11.4 Å². The molecule has 0 saturated carbocycles. The fourth-order valence-electron chi connectivity index (χ4n) is 7.78. The molecule has 0 radical (unpaired) electrons. The molecule has 2 aromatic carbocycles. The van der Waals surface area contributed by atoms with E-state index in [-0.39, 0.29) is 57.4 Å². The monoisotopic (exact) mass is 752 g/mol. The summed E-state index contributed by atoms with van der Waals surface area (Å²) in [6, 6.07) is 16.9. The van der Waals surface area contributed by atoms with Gasteiger partial charge in [0.15, 0.2) is 5.71 Å². The van der Waals surface area contributed by atoms with Crippen molar-refractivity contribution in [2.75, 3.05) is 29.5 Å². The van der Waals surface area contributed by atoms with E-state index in [1.807, 2.05) is 6.07 Å². The molecule has 2 N–H and O–H groups in total. The van der Waals surface area contributed by atoms with Crippen LogP contribution in [-0.4, -0.2) is 53.3 Å². The van der Waals surface area contributed by atoms with Gasteiger partial charge >= 0.3 is 29.6 Å². The third-order valence-corrected chi connectivity index (χ3v) is 12.3. The predicted molar refractivity (Wildman–Crippen MR) is 199 cm³/mol. The Labute approximate surface area is 327 Å². The Balaban J connectivity index is 0.00000338. The smallest absolute Gasteiger partial charge is 0.870 e. The number of anilines is 1. The summed E-state index contributed by atoms with van der Waals surface area (Å²) in [5.41, 5.74) is 9.47. The number of halogens is 1. The quantitative estimate of drug-likeness (QED) is 0.0862. The molecule has 0 bridgehead atoms. The minimum atomic E-state index is -3.98. The van der Waals surface area contributed by atoms with Gasteiger partial charge in [0.05, 0.1) is 11.2 Å². The molecule has 0 saturated heterocycles. The second kappa shape index (κ2) is 17.8. The molecule has 0 aromatic heterocycles. The third kappa shape index (κ3) is 9.61. The van der Waals surface area contributed by atoms with Crippen molar-refractivity contribution in [2.45, 2.75) is 96.3 Å². The van der Waals surface area contributed by atoms with Gasteiger partial charge in [-0.2, -0.15) is 13.0 Å². The number of benzene rings is 2. The van der Waals surface area contributed by atoms with Crippen molar-refractivity contribution in [3.8, 4) is 0 Å². The average molecular weight is 753 g/mol. The van der Waals surface area contributed by atoms with Crippen LogP contribution < -0.4 is 34.5 Å². The number of rotatable bonds is 14. The van der Waals surface area contributed by atoms with Crippen LogP contribution in [0.2, 0.25) is 0 Å². The van der Waals surface area contributed by atoms with Crippen molar-refractivity contribution >= 4 is 49.5 Å². The molecule has 8 nitrogen and oxygen atoms in total. The number of unbranched alkanes of at least 4 members (excludes halogenated alkanes) is 2. The third-order valence-electron chi connectivity index (χ3n) is 10.3. The Kier molecular flexibility index (Phi) is 15.2. The van der Waals surface area contributed by atoms with Gasteiger partial charge in [-0.3, -0.25) is 4.55 Å². The Morgan fingerprint density at radius 3 is 2.28 bits per heavy atom. The molecule has 0 amide bonds. The maximum absolute atomic E-state index is 11.3. The Bertz CT molecular complexity index is 1850. The molecule has 0 unspecified atom stereocenters. The number of fused-ring (bicyclic) bond motifs is 2. The molecule has 0 atom stereocenters. The largest absolute Gasteiger partial charge is 1.00 e. The molecule has 268 valence electrons. The van der Waals surface area contributed by atoms with E-state index in [4.69, 9.17) is 11.6 Å². The standard InChI is InChI=1S/C38H48ClN2O5S2.Na.H2O/c1-37(2)30-16-5-7-18-32(30)40(24-9-11-26-47(42)43)34(37)22-20-28-14-13-15-29(36(28)39)21-23-35-38(3,4)31-17-6-8-19-33(31)41(35)25-10-12-27-48(44,45)46;;/h5-8,16-19,21,23H,9-15,20,22,24-27H2,1-4H3;;1H2/q-1;+1;/b29-21+,35-23-;;. The summed E-state index contributed by atoms with van der Waals surface area (Å²) in [4.78, 5) is 2.29. The van der Waals surface area contributed by atoms with E-state index in [2.05, 4.69) is 91.8 Å². The molecule has 3 aliphatic rings. The first-order chi connectivity index (χ1) is 22.7. The molecule has 2 heterocycles. The first-order valence-corrected chi connectivity index (χ1v) is 20.4. The van der Waals surface area contributed by atoms with Crippen LogP contribution in [0.1, 0.15) is 96.6 Å². The number of hydrogen-bond donors (Lipinski definition) is 1. The second-order valence-corrected chi connectivity index (χ2v) is 17.2. The van der Waals surface area contributed by atoms with Crippen molar-refractivity contribution < 1.29 is 61.0 Å². The zero-order valence-electron chi connectivity index (χ0n) is 30.1. The number of para-hydroxylation sites is 2. The maximum Gasteiger partial charge on any atom is 1.00 e. The Morgan fingerprint density at radius 2 is 1.58 bits per heavy atom. The number of hydrogen-bond acceptors (Lipinski definition) is 7. The fourth-order valence-corrected chi connectivity index (χ4v) is 9.14. The van der Waals surface area contributed by atoms with Crippen LogP contribution >= 0.6 is 11.6 Å². The van der Waals surface area contributed by atoms with Crippen molar-refractivity contribution in [1.29, 1.82) is 0 Å². The first kappa shape index (κ1) is 42.7. The predicted octanol–water partition coefficient (Wildman–Crippen LogP) is 5.71. The van der Waals surface area contributed by atoms with Crippen LogP contribution in [0.15, 0.2) is 82.6 Å². The maximum atomic E-state index is 11.3. The fraction of sp³-hybridized carbons (Fsp3) is 0.500. The van der Waals surface area contributed by atoms with Crippen LogP contribution in [0.3, 0.4) is 0 Å². The molecule has 5 rings (SSSR count).